The Bertz CT molecular complexity index is 440. The van der Waals surface area contributed by atoms with E-state index in [1.54, 1.807) is 0 Å². The first-order valence-electron chi connectivity index (χ1n) is 6.53. The summed E-state index contributed by atoms with van der Waals surface area (Å²) in [6, 6.07) is 7.72. The van der Waals surface area contributed by atoms with Gasteiger partial charge in [-0.3, -0.25) is 9.59 Å². The van der Waals surface area contributed by atoms with Crippen molar-refractivity contribution in [1.29, 1.82) is 0 Å². The molecule has 0 saturated heterocycles. The molecule has 0 fully saturated rings. The monoisotopic (exact) mass is 390 g/mol. The Morgan fingerprint density at radius 2 is 1.60 bits per heavy atom. The van der Waals surface area contributed by atoms with Gasteiger partial charge in [-0.1, -0.05) is 26.0 Å². The maximum atomic E-state index is 11.5. The molecule has 0 aliphatic heterocycles. The van der Waals surface area contributed by atoms with Crippen LogP contribution in [0.15, 0.2) is 24.3 Å². The van der Waals surface area contributed by atoms with Crippen molar-refractivity contribution in [3.8, 4) is 0 Å². The molecule has 0 radical (unpaired) electrons. The molecular weight excluding hydrogens is 371 g/mol. The first-order chi connectivity index (χ1) is 9.47. The maximum absolute atomic E-state index is 11.5. The Hall–Kier alpha value is -1.11. The zero-order chi connectivity index (χ0) is 15.0. The van der Waals surface area contributed by atoms with E-state index in [9.17, 15) is 9.59 Å². The van der Waals surface area contributed by atoms with Crippen LogP contribution in [-0.4, -0.2) is 18.5 Å². The quantitative estimate of drug-likeness (QED) is 0.530. The second-order valence-corrected chi connectivity index (χ2v) is 6.11. The van der Waals surface area contributed by atoms with Gasteiger partial charge in [-0.05, 0) is 46.2 Å². The fourth-order valence-corrected chi connectivity index (χ4v) is 1.71. The van der Waals surface area contributed by atoms with Crippen molar-refractivity contribution in [3.05, 3.63) is 33.4 Å². The van der Waals surface area contributed by atoms with Gasteiger partial charge in [0.1, 0.15) is 6.61 Å². The number of halogens is 1. The molecule has 0 aliphatic carbocycles. The van der Waals surface area contributed by atoms with Gasteiger partial charge in [0.25, 0.3) is 0 Å². The fraction of sp³-hybridized carbons (Fsp3) is 0.467. The van der Waals surface area contributed by atoms with Crippen molar-refractivity contribution in [2.75, 3.05) is 6.61 Å². The molecule has 0 aliphatic rings. The molecule has 5 heteroatoms. The number of carbonyl (C=O) groups excluding carboxylic acids is 2. The Morgan fingerprint density at radius 3 is 2.15 bits per heavy atom. The molecule has 0 amide bonds. The van der Waals surface area contributed by atoms with E-state index in [4.69, 9.17) is 9.47 Å². The van der Waals surface area contributed by atoms with Crippen LogP contribution in [0.2, 0.25) is 0 Å². The topological polar surface area (TPSA) is 52.6 Å². The highest BCUT2D eigenvalue weighted by atomic mass is 127. The van der Waals surface area contributed by atoms with Crippen LogP contribution in [0.1, 0.15) is 32.3 Å². The lowest BCUT2D eigenvalue weighted by Gasteiger charge is -2.07. The van der Waals surface area contributed by atoms with E-state index in [0.717, 1.165) is 9.13 Å². The van der Waals surface area contributed by atoms with Gasteiger partial charge in [0.2, 0.25) is 0 Å². The highest BCUT2D eigenvalue weighted by molar-refractivity contribution is 14.1. The Balaban J connectivity index is 2.20. The molecule has 0 heterocycles. The molecule has 1 rings (SSSR count). The third kappa shape index (κ3) is 7.47. The largest absolute Gasteiger partial charge is 0.465 e. The molecule has 1 aromatic rings. The molecule has 1 aromatic carbocycles. The summed E-state index contributed by atoms with van der Waals surface area (Å²) in [6.45, 7) is 4.54. The molecule has 4 nitrogen and oxygen atoms in total. The zero-order valence-electron chi connectivity index (χ0n) is 11.7. The van der Waals surface area contributed by atoms with Gasteiger partial charge in [0, 0.05) is 3.57 Å². The van der Waals surface area contributed by atoms with Crippen LogP contribution in [0.3, 0.4) is 0 Å². The minimum absolute atomic E-state index is 0.0568. The van der Waals surface area contributed by atoms with Gasteiger partial charge >= 0.3 is 11.9 Å². The van der Waals surface area contributed by atoms with Crippen LogP contribution in [0.4, 0.5) is 0 Å². The molecule has 20 heavy (non-hydrogen) atoms. The van der Waals surface area contributed by atoms with Crippen molar-refractivity contribution in [2.24, 2.45) is 5.92 Å². The highest BCUT2D eigenvalue weighted by Gasteiger charge is 2.10. The molecule has 0 aromatic heterocycles. The van der Waals surface area contributed by atoms with E-state index < -0.39 is 0 Å². The van der Waals surface area contributed by atoms with E-state index in [0.29, 0.717) is 12.5 Å². The van der Waals surface area contributed by atoms with Gasteiger partial charge in [0.05, 0.1) is 19.4 Å². The second-order valence-electron chi connectivity index (χ2n) is 4.86. The van der Waals surface area contributed by atoms with E-state index >= 15 is 0 Å². The fourth-order valence-electron chi connectivity index (χ4n) is 1.35. The van der Waals surface area contributed by atoms with Crippen molar-refractivity contribution < 1.29 is 19.1 Å². The predicted molar refractivity (Wildman–Crippen MR) is 84.0 cm³/mol. The molecule has 110 valence electrons. The number of ether oxygens (including phenoxy) is 2. The minimum atomic E-state index is -0.384. The summed E-state index contributed by atoms with van der Waals surface area (Å²) in [6.07, 6.45) is 0.125. The second kappa shape index (κ2) is 8.94. The lowest BCUT2D eigenvalue weighted by molar-refractivity contribution is -0.151. The molecule has 0 bridgehead atoms. The third-order valence-corrected chi connectivity index (χ3v) is 3.14. The summed E-state index contributed by atoms with van der Waals surface area (Å²) in [4.78, 5) is 22.8. The first kappa shape index (κ1) is 16.9. The van der Waals surface area contributed by atoms with Gasteiger partial charge in [-0.2, -0.15) is 0 Å². The zero-order valence-corrected chi connectivity index (χ0v) is 13.9. The predicted octanol–water partition coefficient (Wildman–Crippen LogP) is 3.31. The molecule has 0 N–H and O–H groups in total. The van der Waals surface area contributed by atoms with Crippen molar-refractivity contribution >= 4 is 34.5 Å². The van der Waals surface area contributed by atoms with Gasteiger partial charge < -0.3 is 9.47 Å². The Labute approximate surface area is 133 Å². The van der Waals surface area contributed by atoms with E-state index in [1.807, 2.05) is 38.1 Å². The van der Waals surface area contributed by atoms with Crippen molar-refractivity contribution in [1.82, 2.24) is 0 Å². The lowest BCUT2D eigenvalue weighted by atomic mass is 10.2. The van der Waals surface area contributed by atoms with Crippen LogP contribution in [0.25, 0.3) is 0 Å². The number of hydrogen-bond acceptors (Lipinski definition) is 4. The van der Waals surface area contributed by atoms with E-state index in [1.165, 1.54) is 0 Å². The number of hydrogen-bond donors (Lipinski definition) is 0. The standard InChI is InChI=1S/C15H19IO4/c1-11(2)9-19-14(17)7-8-15(18)20-10-12-3-5-13(16)6-4-12/h3-6,11H,7-10H2,1-2H3. The Morgan fingerprint density at radius 1 is 1.05 bits per heavy atom. The molecule has 0 unspecified atom stereocenters. The minimum Gasteiger partial charge on any atom is -0.465 e. The van der Waals surface area contributed by atoms with Gasteiger partial charge in [0.15, 0.2) is 0 Å². The van der Waals surface area contributed by atoms with Crippen LogP contribution in [0, 0.1) is 9.49 Å². The summed E-state index contributed by atoms with van der Waals surface area (Å²) >= 11 is 2.21. The van der Waals surface area contributed by atoms with Gasteiger partial charge in [-0.25, -0.2) is 0 Å². The summed E-state index contributed by atoms with van der Waals surface area (Å²) in [7, 11) is 0. The molecular formula is C15H19IO4. The van der Waals surface area contributed by atoms with E-state index in [-0.39, 0.29) is 31.4 Å². The SMILES string of the molecule is CC(C)COC(=O)CCC(=O)OCc1ccc(I)cc1. The normalized spacial score (nSPS) is 10.4. The van der Waals surface area contributed by atoms with Crippen LogP contribution < -0.4 is 0 Å². The van der Waals surface area contributed by atoms with Gasteiger partial charge in [-0.15, -0.1) is 0 Å². The highest BCUT2D eigenvalue weighted by Crippen LogP contribution is 2.08. The number of esters is 2. The molecule has 0 spiro atoms. The number of carbonyl (C=O) groups is 2. The first-order valence-corrected chi connectivity index (χ1v) is 7.61. The summed E-state index contributed by atoms with van der Waals surface area (Å²) in [5.74, 6) is -0.443. The Kier molecular flexibility index (Phi) is 7.58. The van der Waals surface area contributed by atoms with Crippen LogP contribution >= 0.6 is 22.6 Å². The molecule has 0 saturated carbocycles. The number of benzene rings is 1. The lowest BCUT2D eigenvalue weighted by Crippen LogP contribution is -2.12. The van der Waals surface area contributed by atoms with Crippen LogP contribution in [-0.2, 0) is 25.7 Å². The third-order valence-electron chi connectivity index (χ3n) is 2.42. The average Bonchev–Trinajstić information content (AvgIpc) is 2.42. The number of rotatable bonds is 7. The smallest absolute Gasteiger partial charge is 0.306 e. The van der Waals surface area contributed by atoms with Crippen molar-refractivity contribution in [2.45, 2.75) is 33.3 Å². The van der Waals surface area contributed by atoms with Crippen LogP contribution in [0.5, 0.6) is 0 Å². The summed E-state index contributed by atoms with van der Waals surface area (Å²) in [5.41, 5.74) is 0.932. The summed E-state index contributed by atoms with van der Waals surface area (Å²) < 4.78 is 11.2. The van der Waals surface area contributed by atoms with E-state index in [2.05, 4.69) is 22.6 Å². The maximum Gasteiger partial charge on any atom is 0.306 e. The average molecular weight is 390 g/mol. The van der Waals surface area contributed by atoms with Crippen molar-refractivity contribution in [3.63, 3.8) is 0 Å². The summed E-state index contributed by atoms with van der Waals surface area (Å²) in [5, 5.41) is 0. The molecule has 0 atom stereocenters.